The average Bonchev–Trinajstić information content (AvgIpc) is 0.888. The Balaban J connectivity index is 0.000000718. The Hall–Kier alpha value is -12.0. The first-order valence-electron chi connectivity index (χ1n) is 38.5. The van der Waals surface area contributed by atoms with Crippen molar-refractivity contribution in [3.05, 3.63) is 328 Å². The number of carboxylic acids is 1. The zero-order valence-electron chi connectivity index (χ0n) is 70.5. The smallest absolute Gasteiger partial charge is 0.870 e. The van der Waals surface area contributed by atoms with Crippen molar-refractivity contribution in [2.45, 2.75) is 87.1 Å². The van der Waals surface area contributed by atoms with Gasteiger partial charge in [-0.25, -0.2) is 14.4 Å². The average molecular weight is 1570 g/mol. The molecule has 0 saturated heterocycles. The van der Waals surface area contributed by atoms with Crippen LogP contribution in [0.5, 0.6) is 23.0 Å². The number of ether oxygens (including phenoxy) is 6. The third kappa shape index (κ3) is 44.1. The summed E-state index contributed by atoms with van der Waals surface area (Å²) < 4.78 is 55.5. The number of aldehydes is 1. The molecule has 0 atom stereocenters. The van der Waals surface area contributed by atoms with Crippen molar-refractivity contribution in [2.75, 3.05) is 74.5 Å². The molecule has 0 aliphatic heterocycles. The van der Waals surface area contributed by atoms with Gasteiger partial charge in [0.25, 0.3) is 0 Å². The van der Waals surface area contributed by atoms with Gasteiger partial charge in [-0.1, -0.05) is 158 Å². The van der Waals surface area contributed by atoms with Gasteiger partial charge in [-0.2, -0.15) is 0 Å². The van der Waals surface area contributed by atoms with Crippen molar-refractivity contribution >= 4 is 95.8 Å². The van der Waals surface area contributed by atoms with E-state index in [9.17, 15) is 24.0 Å². The molecule has 12 N–H and O–H groups in total. The number of nitrogen functional groups attached to an aromatic ring is 4. The molecule has 600 valence electrons. The number of carbonyl (C=O) groups is 5. The Labute approximate surface area is 696 Å². The Morgan fingerprint density at radius 1 is 0.412 bits per heavy atom. The van der Waals surface area contributed by atoms with Crippen LogP contribution in [0.15, 0.2) is 267 Å². The van der Waals surface area contributed by atoms with Gasteiger partial charge in [0.05, 0.1) is 55.5 Å². The van der Waals surface area contributed by atoms with Gasteiger partial charge in [0.1, 0.15) is 29.3 Å². The number of ketones is 1. The zero-order valence-corrected chi connectivity index (χ0v) is 67.3. The Morgan fingerprint density at radius 2 is 0.763 bits per heavy atom. The van der Waals surface area contributed by atoms with E-state index in [0.717, 1.165) is 106 Å². The molecule has 0 unspecified atom stereocenters. The molecule has 0 spiro atoms. The predicted octanol–water partition coefficient (Wildman–Crippen LogP) is 14.5. The summed E-state index contributed by atoms with van der Waals surface area (Å²) >= 11 is -3.17. The number of aryl methyl sites for hydroxylation is 4. The number of para-hydroxylation sites is 3. The second-order valence-corrected chi connectivity index (χ2v) is 24.0. The molecule has 10 aromatic rings. The minimum absolute atomic E-state index is 0. The van der Waals surface area contributed by atoms with E-state index >= 15 is 0 Å². The van der Waals surface area contributed by atoms with Crippen LogP contribution in [0, 0.1) is 0 Å². The zero-order chi connectivity index (χ0) is 85.1. The summed E-state index contributed by atoms with van der Waals surface area (Å²) in [6.45, 7) is 17.5. The number of allylic oxidation sites excluding steroid dienone is 1. The third-order valence-electron chi connectivity index (χ3n) is 15.2. The standard InChI is InChI=1S/C25H26N2O2.C21H24O3.C19H20O3.C12H12O3.C8H11NO.C6H8N2.C2H6O.Li.H2O.H4S/c1-2-29-24-11-6-10-22(17-24)27-18-20-8-5-7-19(15-20)13-14-23(28)16-21-9-3-4-12-25(21)26;1-3-23-20-10-6-9-19(16-20)12-11-17-7-5-8-18(15-17)13-14-21(22)24-4-2;1-2-22-18-8-4-7-17(14-18)10-9-15-5-3-6-16(13-15)11-12-19(20)21;1-2-15-12(14)7-6-10-4-3-5-11(8-10)9-13;1-2-10-8-5-3-4-7(9)6-8;7-5-3-1-2-4-6(5)8;1-2-3;;;/h3-15,17,27H,2,16,18,26H2,1H3;5-10,13-16H,3-4,11-12H2,1-2H3;3-8,11-14H,2,9-10H2,1H3,(H,20,21);3-9H,2H2,1H3;3-6H,2,9H2,1H3;1-4H,7-8H2;3H,2H2,1H3;;1H2;1H4/q;;;;;;;+1;;/p-1/b2*14-13+;12-11+;7-6+;;;;;;/i;;;;;;;;;1T4. The van der Waals surface area contributed by atoms with E-state index in [4.69, 9.17) is 66.1 Å². The Morgan fingerprint density at radius 3 is 1.18 bits per heavy atom. The van der Waals surface area contributed by atoms with E-state index in [2.05, 4.69) is 59.9 Å². The van der Waals surface area contributed by atoms with Gasteiger partial charge < -0.3 is 72.4 Å². The maximum absolute atomic E-state index is 12.3. The number of aliphatic hydroxyl groups excluding tert-OH is 1. The van der Waals surface area contributed by atoms with Gasteiger partial charge in [-0.3, -0.25) is 22.7 Å². The largest absolute Gasteiger partial charge is 1.00 e. The number of hydrogen-bond donors (Lipinski definition) is 7. The molecule has 0 amide bonds. The van der Waals surface area contributed by atoms with Crippen LogP contribution < -0.4 is 66.1 Å². The molecule has 21 heteroatoms. The van der Waals surface area contributed by atoms with Crippen molar-refractivity contribution in [1.29, 1.82) is 4.50 Å². The van der Waals surface area contributed by atoms with Gasteiger partial charge in [0.2, 0.25) is 0 Å². The first-order chi connectivity index (χ1) is 55.8. The molecule has 0 saturated carbocycles. The summed E-state index contributed by atoms with van der Waals surface area (Å²) in [5, 5.41) is 19.6. The minimum atomic E-state index is -3.17. The van der Waals surface area contributed by atoms with Crippen molar-refractivity contribution < 1.29 is 86.9 Å². The second kappa shape index (κ2) is 60.7. The predicted molar refractivity (Wildman–Crippen MR) is 468 cm³/mol. The number of hydrogen-bond acceptors (Lipinski definition) is 18. The minimum Gasteiger partial charge on any atom is -0.870 e. The summed E-state index contributed by atoms with van der Waals surface area (Å²) in [6, 6.07) is 77.6. The van der Waals surface area contributed by atoms with Crippen molar-refractivity contribution in [1.82, 2.24) is 0 Å². The van der Waals surface area contributed by atoms with Crippen molar-refractivity contribution in [3.63, 3.8) is 0 Å². The Kier molecular flexibility index (Phi) is 49.3. The third-order valence-corrected chi connectivity index (χ3v) is 15.2. The fraction of sp³-hybridized carbons (Fsp3) is 0.215. The van der Waals surface area contributed by atoms with E-state index in [0.29, 0.717) is 75.2 Å². The van der Waals surface area contributed by atoms with Crippen LogP contribution in [0.3, 0.4) is 0 Å². The molecule has 19 nitrogen and oxygen atoms in total. The first-order valence-corrected chi connectivity index (χ1v) is 36.9. The fourth-order valence-electron chi connectivity index (χ4n) is 10.1. The Bertz CT molecular complexity index is 4650. The number of aliphatic carboxylic acids is 1. The molecule has 0 fully saturated rings. The summed E-state index contributed by atoms with van der Waals surface area (Å²) in [5.74, 6) is 1.91. The topological polar surface area (TPSA) is 327 Å². The number of anilines is 5. The van der Waals surface area contributed by atoms with Crippen LogP contribution in [0.1, 0.15) is 114 Å². The first kappa shape index (κ1) is 92.6. The van der Waals surface area contributed by atoms with Gasteiger partial charge >= 0.3 is 36.8 Å². The van der Waals surface area contributed by atoms with Crippen LogP contribution in [0.4, 0.5) is 28.4 Å². The number of carboxylic acid groups (broad SMARTS) is 1. The molecule has 0 aliphatic carbocycles. The number of aliphatic hydroxyl groups is 1. The van der Waals surface area contributed by atoms with Crippen LogP contribution >= 0.6 is 13.1 Å². The number of carbonyl (C=O) groups excluding carboxylic acids is 4. The normalized spacial score (nSPS) is 10.7. The quantitative estimate of drug-likeness (QED) is 0.00723. The number of nitrogens with one attached hydrogen (secondary N) is 1. The maximum atomic E-state index is 12.3. The molecule has 0 heterocycles. The molecule has 10 rings (SSSR count). The van der Waals surface area contributed by atoms with Gasteiger partial charge in [0.15, 0.2) is 5.78 Å². The molecule has 0 aromatic heterocycles. The fourth-order valence-corrected chi connectivity index (χ4v) is 10.1. The van der Waals surface area contributed by atoms with Gasteiger partial charge in [0, 0.05) is 72.6 Å². The number of rotatable bonds is 30. The van der Waals surface area contributed by atoms with Gasteiger partial charge in [-0.05, 0) is 233 Å². The number of benzene rings is 10. The van der Waals surface area contributed by atoms with E-state index in [1.54, 1.807) is 75.4 Å². The van der Waals surface area contributed by atoms with E-state index in [1.165, 1.54) is 34.4 Å². The van der Waals surface area contributed by atoms with Crippen LogP contribution in [-0.2, 0) is 67.3 Å². The van der Waals surface area contributed by atoms with E-state index < -0.39 is 19.1 Å². The second-order valence-electron chi connectivity index (χ2n) is 24.0. The molecule has 0 bridgehead atoms. The SMILES string of the molecule is CCO.CCOC(=O)/C=C/c1cccc(C=O)c1.CCOC(=O)/C=C/c1cccc(CCc2cccc(OCC)c2)c1.CCOc1cccc(CCc2cccc(/C=C/C(=O)O)c2)c1.CCOc1cccc(N)c1.CCOc1cccc(NCc2cccc(/C=C/C(=O)Cc3ccccc3N)c2)c1.Nc1ccccc1N.[3H]S([3H])([3H])[3H].[Li+].[OH-]. The maximum Gasteiger partial charge on any atom is 1.00 e. The molecular formula is C93H112LiN5O14S. The number of esters is 2. The van der Waals surface area contributed by atoms with E-state index in [-0.39, 0.29) is 48.7 Å². The summed E-state index contributed by atoms with van der Waals surface area (Å²) in [4.78, 5) is 55.7. The summed E-state index contributed by atoms with van der Waals surface area (Å²) in [6.07, 6.45) is 17.2. The van der Waals surface area contributed by atoms with Crippen LogP contribution in [-0.4, -0.2) is 96.4 Å². The summed E-state index contributed by atoms with van der Waals surface area (Å²) in [7, 11) is 0. The number of nitrogens with two attached hydrogens (primary N) is 4. The van der Waals surface area contributed by atoms with E-state index in [1.807, 2.05) is 191 Å². The van der Waals surface area contributed by atoms with Crippen LogP contribution in [0.25, 0.3) is 24.3 Å². The molecule has 10 aromatic carbocycles. The molecular weight excluding hydrogens is 1450 g/mol. The van der Waals surface area contributed by atoms with Gasteiger partial charge in [-0.15, -0.1) is 0 Å². The monoisotopic (exact) mass is 1570 g/mol. The van der Waals surface area contributed by atoms with Crippen molar-refractivity contribution in [2.24, 2.45) is 0 Å². The molecule has 114 heavy (non-hydrogen) atoms. The van der Waals surface area contributed by atoms with Crippen molar-refractivity contribution in [3.8, 4) is 23.0 Å². The molecule has 0 radical (unpaired) electrons. The molecule has 0 aliphatic rings. The summed E-state index contributed by atoms with van der Waals surface area (Å²) in [5.41, 5.74) is 37.1. The van der Waals surface area contributed by atoms with Crippen LogP contribution in [0.2, 0.25) is 0 Å².